The zero-order valence-corrected chi connectivity index (χ0v) is 18.4. The Hall–Kier alpha value is -3.07. The molecular weight excluding hydrogens is 414 g/mol. The van der Waals surface area contributed by atoms with Gasteiger partial charge in [-0.1, -0.05) is 5.16 Å². The molecule has 1 fully saturated rings. The number of carbonyl (C=O) groups is 2. The second kappa shape index (κ2) is 9.60. The van der Waals surface area contributed by atoms with Crippen LogP contribution < -0.4 is 14.8 Å². The molecule has 1 aromatic heterocycles. The first-order chi connectivity index (χ1) is 15.5. The second-order valence-corrected chi connectivity index (χ2v) is 8.45. The predicted octanol–water partition coefficient (Wildman–Crippen LogP) is 2.13. The first-order valence-corrected chi connectivity index (χ1v) is 10.9. The van der Waals surface area contributed by atoms with Crippen LogP contribution in [0.3, 0.4) is 0 Å². The normalized spacial score (nSPS) is 20.5. The van der Waals surface area contributed by atoms with Crippen LogP contribution in [0.15, 0.2) is 22.7 Å². The van der Waals surface area contributed by atoms with Crippen molar-refractivity contribution in [1.82, 2.24) is 15.4 Å². The molecule has 2 aliphatic heterocycles. The summed E-state index contributed by atoms with van der Waals surface area (Å²) < 4.78 is 15.7. The molecule has 4 rings (SSSR count). The third kappa shape index (κ3) is 4.72. The van der Waals surface area contributed by atoms with Crippen molar-refractivity contribution in [2.75, 3.05) is 33.9 Å². The average molecular weight is 444 g/mol. The molecule has 2 aliphatic rings. The van der Waals surface area contributed by atoms with Gasteiger partial charge < -0.3 is 29.3 Å². The number of aromatic nitrogens is 1. The maximum absolute atomic E-state index is 13.2. The summed E-state index contributed by atoms with van der Waals surface area (Å²) in [6, 6.07) is 5.44. The molecule has 0 aliphatic carbocycles. The molecule has 2 unspecified atom stereocenters. The highest BCUT2D eigenvalue weighted by atomic mass is 16.5. The molecule has 9 heteroatoms. The number of carbonyl (C=O) groups excluding carboxylic acids is 1. The fourth-order valence-electron chi connectivity index (χ4n) is 4.71. The molecule has 2 atom stereocenters. The molecule has 0 radical (unpaired) electrons. The van der Waals surface area contributed by atoms with E-state index in [2.05, 4.69) is 10.5 Å². The molecule has 9 nitrogen and oxygen atoms in total. The molecule has 2 N–H and O–H groups in total. The first kappa shape index (κ1) is 22.1. The number of hydrogen-bond donors (Lipinski definition) is 2. The summed E-state index contributed by atoms with van der Waals surface area (Å²) in [6.45, 7) is 2.89. The van der Waals surface area contributed by atoms with Gasteiger partial charge in [0.05, 0.1) is 19.9 Å². The van der Waals surface area contributed by atoms with Crippen molar-refractivity contribution in [3.05, 3.63) is 40.8 Å². The number of ether oxygens (including phenoxy) is 2. The minimum absolute atomic E-state index is 0.147. The smallest absolute Gasteiger partial charge is 0.374 e. The lowest BCUT2D eigenvalue weighted by molar-refractivity contribution is -0.133. The van der Waals surface area contributed by atoms with Gasteiger partial charge in [0.15, 0.2) is 11.5 Å². The van der Waals surface area contributed by atoms with Gasteiger partial charge in [0.1, 0.15) is 0 Å². The maximum atomic E-state index is 13.2. The summed E-state index contributed by atoms with van der Waals surface area (Å²) >= 11 is 0. The van der Waals surface area contributed by atoms with Gasteiger partial charge in [-0.2, -0.15) is 0 Å². The second-order valence-electron chi connectivity index (χ2n) is 8.45. The Morgan fingerprint density at radius 1 is 1.19 bits per heavy atom. The molecular formula is C23H29N3O6. The minimum Gasteiger partial charge on any atom is -0.493 e. The van der Waals surface area contributed by atoms with Crippen LogP contribution in [0.5, 0.6) is 11.5 Å². The number of hydrogen-bond acceptors (Lipinski definition) is 7. The lowest BCUT2D eigenvalue weighted by Crippen LogP contribution is -2.42. The highest BCUT2D eigenvalue weighted by Gasteiger charge is 2.31. The van der Waals surface area contributed by atoms with Crippen LogP contribution >= 0.6 is 0 Å². The molecule has 0 spiro atoms. The number of fused-ring (bicyclic) bond motifs is 1. The molecule has 1 saturated heterocycles. The summed E-state index contributed by atoms with van der Waals surface area (Å²) in [5.74, 6) is 0.650. The molecule has 3 heterocycles. The minimum atomic E-state index is -1.13. The molecule has 172 valence electrons. The topological polar surface area (TPSA) is 114 Å². The number of rotatable bonds is 7. The molecule has 0 saturated carbocycles. The Kier molecular flexibility index (Phi) is 6.64. The van der Waals surface area contributed by atoms with Crippen LogP contribution in [0.4, 0.5) is 0 Å². The SMILES string of the molecule is COc1cc2c(cc1OC)CN(C(=O)CC1CCNCC1Cc1cc(C(=O)O)on1)CC2. The maximum Gasteiger partial charge on any atom is 0.374 e. The third-order valence-electron chi connectivity index (χ3n) is 6.51. The number of piperidine rings is 1. The number of amides is 1. The lowest BCUT2D eigenvalue weighted by atomic mass is 9.80. The number of nitrogens with one attached hydrogen (secondary N) is 1. The van der Waals surface area contributed by atoms with Crippen molar-refractivity contribution in [1.29, 1.82) is 0 Å². The summed E-state index contributed by atoms with van der Waals surface area (Å²) in [6.07, 6.45) is 2.74. The number of nitrogens with zero attached hydrogens (tertiary/aromatic N) is 2. The summed E-state index contributed by atoms with van der Waals surface area (Å²) in [7, 11) is 3.24. The summed E-state index contributed by atoms with van der Waals surface area (Å²) in [5.41, 5.74) is 2.89. The zero-order chi connectivity index (χ0) is 22.7. The van der Waals surface area contributed by atoms with E-state index in [1.54, 1.807) is 14.2 Å². The van der Waals surface area contributed by atoms with Gasteiger partial charge >= 0.3 is 5.97 Å². The van der Waals surface area contributed by atoms with Gasteiger partial charge in [-0.25, -0.2) is 4.79 Å². The average Bonchev–Trinajstić information content (AvgIpc) is 3.28. The number of carboxylic acids is 1. The Balaban J connectivity index is 1.41. The number of benzene rings is 1. The van der Waals surface area contributed by atoms with Crippen LogP contribution in [0.2, 0.25) is 0 Å². The summed E-state index contributed by atoms with van der Waals surface area (Å²) in [5, 5.41) is 16.3. The van der Waals surface area contributed by atoms with Crippen molar-refractivity contribution in [2.24, 2.45) is 11.8 Å². The van der Waals surface area contributed by atoms with Gasteiger partial charge in [-0.15, -0.1) is 0 Å². The van der Waals surface area contributed by atoms with E-state index in [1.165, 1.54) is 11.6 Å². The number of carboxylic acid groups (broad SMARTS) is 1. The molecule has 2 aromatic rings. The Morgan fingerprint density at radius 3 is 2.62 bits per heavy atom. The Labute approximate surface area is 186 Å². The van der Waals surface area contributed by atoms with Crippen molar-refractivity contribution in [2.45, 2.75) is 32.2 Å². The van der Waals surface area contributed by atoms with Crippen LogP contribution in [0.1, 0.15) is 40.2 Å². The van der Waals surface area contributed by atoms with E-state index < -0.39 is 5.97 Å². The van der Waals surface area contributed by atoms with E-state index in [0.717, 1.165) is 31.5 Å². The third-order valence-corrected chi connectivity index (χ3v) is 6.51. The first-order valence-electron chi connectivity index (χ1n) is 10.9. The quantitative estimate of drug-likeness (QED) is 0.669. The van der Waals surface area contributed by atoms with E-state index in [4.69, 9.17) is 19.1 Å². The van der Waals surface area contributed by atoms with Gasteiger partial charge in [-0.3, -0.25) is 4.79 Å². The van der Waals surface area contributed by atoms with Crippen molar-refractivity contribution in [3.63, 3.8) is 0 Å². The van der Waals surface area contributed by atoms with Crippen molar-refractivity contribution >= 4 is 11.9 Å². The predicted molar refractivity (Wildman–Crippen MR) is 115 cm³/mol. The molecule has 1 amide bonds. The molecule has 1 aromatic carbocycles. The Morgan fingerprint density at radius 2 is 1.94 bits per heavy atom. The lowest BCUT2D eigenvalue weighted by Gasteiger charge is -2.35. The van der Waals surface area contributed by atoms with Crippen molar-refractivity contribution < 1.29 is 28.7 Å². The highest BCUT2D eigenvalue weighted by molar-refractivity contribution is 5.84. The fraction of sp³-hybridized carbons (Fsp3) is 0.522. The highest BCUT2D eigenvalue weighted by Crippen LogP contribution is 2.34. The van der Waals surface area contributed by atoms with E-state index in [1.807, 2.05) is 17.0 Å². The van der Waals surface area contributed by atoms with Gasteiger partial charge in [0, 0.05) is 25.6 Å². The van der Waals surface area contributed by atoms with Crippen LogP contribution in [0, 0.1) is 11.8 Å². The van der Waals surface area contributed by atoms with Crippen molar-refractivity contribution in [3.8, 4) is 11.5 Å². The number of methoxy groups -OCH3 is 2. The molecule has 0 bridgehead atoms. The molecule has 32 heavy (non-hydrogen) atoms. The van der Waals surface area contributed by atoms with Gasteiger partial charge in [0.25, 0.3) is 0 Å². The van der Waals surface area contributed by atoms with E-state index in [-0.39, 0.29) is 23.5 Å². The van der Waals surface area contributed by atoms with Crippen LogP contribution in [-0.2, 0) is 24.2 Å². The number of aromatic carboxylic acids is 1. The van der Waals surface area contributed by atoms with E-state index >= 15 is 0 Å². The van der Waals surface area contributed by atoms with E-state index in [9.17, 15) is 9.59 Å². The standard InChI is InChI=1S/C23H29N3O6/c1-30-19-8-15-4-6-26(13-17(15)9-20(19)31-2)22(27)10-14-3-5-24-12-16(14)7-18-11-21(23(28)29)32-25-18/h8-9,11,14,16,24H,3-7,10,12-13H2,1-2H3,(H,28,29). The Bertz CT molecular complexity index is 988. The largest absolute Gasteiger partial charge is 0.493 e. The van der Waals surface area contributed by atoms with Gasteiger partial charge in [-0.05, 0) is 67.4 Å². The van der Waals surface area contributed by atoms with Crippen LogP contribution in [0.25, 0.3) is 0 Å². The fourth-order valence-corrected chi connectivity index (χ4v) is 4.71. The van der Waals surface area contributed by atoms with Crippen LogP contribution in [-0.4, -0.2) is 60.9 Å². The van der Waals surface area contributed by atoms with Gasteiger partial charge in [0.2, 0.25) is 11.7 Å². The zero-order valence-electron chi connectivity index (χ0n) is 18.4. The monoisotopic (exact) mass is 443 g/mol. The van der Waals surface area contributed by atoms with E-state index in [0.29, 0.717) is 43.1 Å². The summed E-state index contributed by atoms with van der Waals surface area (Å²) in [4.78, 5) is 26.1.